The molecule has 0 saturated carbocycles. The fraction of sp³-hybridized carbons (Fsp3) is 0.250. The van der Waals surface area contributed by atoms with Crippen LogP contribution in [0.2, 0.25) is 0 Å². The van der Waals surface area contributed by atoms with Crippen LogP contribution in [0.3, 0.4) is 0 Å². The molecule has 1 heterocycles. The van der Waals surface area contributed by atoms with Gasteiger partial charge in [-0.1, -0.05) is 32.9 Å². The zero-order chi connectivity index (χ0) is 14.8. The normalized spacial score (nSPS) is 11.2. The first kappa shape index (κ1) is 14.1. The number of carbonyl (C=O) groups is 1. The number of nitrogens with zero attached hydrogens (tertiary/aromatic N) is 1. The van der Waals surface area contributed by atoms with Crippen molar-refractivity contribution in [3.05, 3.63) is 53.9 Å². The van der Waals surface area contributed by atoms with Gasteiger partial charge in [-0.25, -0.2) is 4.79 Å². The average Bonchev–Trinajstić information content (AvgIpc) is 2.38. The number of pyridine rings is 1. The highest BCUT2D eigenvalue weighted by atomic mass is 16.5. The Morgan fingerprint density at radius 3 is 2.30 bits per heavy atom. The molecule has 20 heavy (non-hydrogen) atoms. The number of hydrogen-bond donors (Lipinski definition) is 1. The molecule has 4 heteroatoms. The molecule has 1 aromatic carbocycles. The molecule has 0 amide bonds. The van der Waals surface area contributed by atoms with Gasteiger partial charge in [-0.05, 0) is 29.2 Å². The third-order valence-corrected chi connectivity index (χ3v) is 2.92. The number of hydrogen-bond acceptors (Lipinski definition) is 3. The second-order valence-electron chi connectivity index (χ2n) is 5.59. The van der Waals surface area contributed by atoms with E-state index >= 15 is 0 Å². The summed E-state index contributed by atoms with van der Waals surface area (Å²) in [6.45, 7) is 6.43. The summed E-state index contributed by atoms with van der Waals surface area (Å²) in [5, 5.41) is 8.91. The Hall–Kier alpha value is -2.36. The van der Waals surface area contributed by atoms with Gasteiger partial charge >= 0.3 is 5.97 Å². The van der Waals surface area contributed by atoms with E-state index in [4.69, 9.17) is 9.84 Å². The molecule has 104 valence electrons. The van der Waals surface area contributed by atoms with Crippen molar-refractivity contribution in [2.75, 3.05) is 0 Å². The van der Waals surface area contributed by atoms with Crippen molar-refractivity contribution in [1.29, 1.82) is 0 Å². The highest BCUT2D eigenvalue weighted by molar-refractivity contribution is 5.87. The number of rotatable bonds is 3. The van der Waals surface area contributed by atoms with Gasteiger partial charge in [0.2, 0.25) is 0 Å². The molecule has 0 aliphatic heterocycles. The van der Waals surface area contributed by atoms with Crippen molar-refractivity contribution in [3.8, 4) is 11.5 Å². The Morgan fingerprint density at radius 1 is 1.10 bits per heavy atom. The van der Waals surface area contributed by atoms with Gasteiger partial charge in [-0.2, -0.15) is 0 Å². The minimum Gasteiger partial charge on any atom is -0.478 e. The van der Waals surface area contributed by atoms with Crippen LogP contribution in [0, 0.1) is 0 Å². The molecule has 2 aromatic rings. The monoisotopic (exact) mass is 271 g/mol. The summed E-state index contributed by atoms with van der Waals surface area (Å²) in [6, 6.07) is 9.20. The fourth-order valence-corrected chi connectivity index (χ4v) is 1.75. The number of benzene rings is 1. The van der Waals surface area contributed by atoms with Gasteiger partial charge < -0.3 is 9.84 Å². The van der Waals surface area contributed by atoms with Crippen molar-refractivity contribution >= 4 is 5.97 Å². The van der Waals surface area contributed by atoms with Crippen molar-refractivity contribution in [1.82, 2.24) is 4.98 Å². The zero-order valence-electron chi connectivity index (χ0n) is 11.8. The average molecular weight is 271 g/mol. The number of aromatic carboxylic acids is 1. The van der Waals surface area contributed by atoms with Crippen LogP contribution in [-0.2, 0) is 5.41 Å². The Kier molecular flexibility index (Phi) is 3.74. The van der Waals surface area contributed by atoms with Crippen molar-refractivity contribution in [3.63, 3.8) is 0 Å². The van der Waals surface area contributed by atoms with E-state index in [9.17, 15) is 4.79 Å². The minimum atomic E-state index is -1.02. The molecule has 1 N–H and O–H groups in total. The molecule has 0 atom stereocenters. The maximum Gasteiger partial charge on any atom is 0.337 e. The van der Waals surface area contributed by atoms with E-state index in [1.807, 2.05) is 24.3 Å². The number of ether oxygens (including phenoxy) is 1. The summed E-state index contributed by atoms with van der Waals surface area (Å²) in [4.78, 5) is 14.7. The summed E-state index contributed by atoms with van der Waals surface area (Å²) in [5.41, 5.74) is 1.40. The molecule has 0 bridgehead atoms. The molecule has 0 aliphatic rings. The van der Waals surface area contributed by atoms with Crippen LogP contribution < -0.4 is 4.74 Å². The lowest BCUT2D eigenvalue weighted by Crippen LogP contribution is -2.10. The van der Waals surface area contributed by atoms with Crippen LogP contribution in [0.5, 0.6) is 11.5 Å². The quantitative estimate of drug-likeness (QED) is 0.920. The lowest BCUT2D eigenvalue weighted by molar-refractivity contribution is 0.0696. The van der Waals surface area contributed by atoms with E-state index in [-0.39, 0.29) is 11.0 Å². The van der Waals surface area contributed by atoms with Crippen LogP contribution in [0.4, 0.5) is 0 Å². The molecule has 4 nitrogen and oxygen atoms in total. The fourth-order valence-electron chi connectivity index (χ4n) is 1.75. The van der Waals surface area contributed by atoms with Gasteiger partial charge in [0, 0.05) is 6.20 Å². The van der Waals surface area contributed by atoms with Crippen LogP contribution in [0.1, 0.15) is 36.7 Å². The highest BCUT2D eigenvalue weighted by Gasteiger charge is 2.13. The SMILES string of the molecule is CC(C)(C)c1ccc(Oc2cncc(C(=O)O)c2)cc1. The Balaban J connectivity index is 2.18. The predicted molar refractivity (Wildman–Crippen MR) is 76.4 cm³/mol. The molecule has 0 spiro atoms. The van der Waals surface area contributed by atoms with Gasteiger partial charge in [0.1, 0.15) is 11.5 Å². The summed E-state index contributed by atoms with van der Waals surface area (Å²) < 4.78 is 5.61. The summed E-state index contributed by atoms with van der Waals surface area (Å²) in [5.74, 6) is 0.0433. The Labute approximate surface area is 118 Å². The number of carboxylic acids is 1. The third kappa shape index (κ3) is 3.35. The van der Waals surface area contributed by atoms with Crippen LogP contribution >= 0.6 is 0 Å². The molecule has 0 aliphatic carbocycles. The summed E-state index contributed by atoms with van der Waals surface area (Å²) >= 11 is 0. The standard InChI is InChI=1S/C16H17NO3/c1-16(2,3)12-4-6-13(7-5-12)20-14-8-11(15(18)19)9-17-10-14/h4-10H,1-3H3,(H,18,19). The summed E-state index contributed by atoms with van der Waals surface area (Å²) in [7, 11) is 0. The molecule has 0 radical (unpaired) electrons. The van der Waals surface area contributed by atoms with Crippen molar-refractivity contribution < 1.29 is 14.6 Å². The first-order valence-corrected chi connectivity index (χ1v) is 6.33. The van der Waals surface area contributed by atoms with Gasteiger partial charge in [0.05, 0.1) is 11.8 Å². The third-order valence-electron chi connectivity index (χ3n) is 2.92. The Morgan fingerprint density at radius 2 is 1.75 bits per heavy atom. The first-order valence-electron chi connectivity index (χ1n) is 6.33. The van der Waals surface area contributed by atoms with Crippen LogP contribution in [-0.4, -0.2) is 16.1 Å². The zero-order valence-corrected chi connectivity index (χ0v) is 11.8. The molecule has 2 rings (SSSR count). The summed E-state index contributed by atoms with van der Waals surface area (Å²) in [6.07, 6.45) is 2.78. The largest absolute Gasteiger partial charge is 0.478 e. The minimum absolute atomic E-state index is 0.0866. The van der Waals surface area contributed by atoms with Gasteiger partial charge in [0.15, 0.2) is 0 Å². The van der Waals surface area contributed by atoms with E-state index in [0.717, 1.165) is 0 Å². The van der Waals surface area contributed by atoms with Gasteiger partial charge in [-0.15, -0.1) is 0 Å². The lowest BCUT2D eigenvalue weighted by Gasteiger charge is -2.19. The molecule has 1 aromatic heterocycles. The second-order valence-corrected chi connectivity index (χ2v) is 5.59. The predicted octanol–water partition coefficient (Wildman–Crippen LogP) is 3.87. The first-order chi connectivity index (χ1) is 9.36. The van der Waals surface area contributed by atoms with Crippen molar-refractivity contribution in [2.45, 2.75) is 26.2 Å². The maximum absolute atomic E-state index is 10.9. The van der Waals surface area contributed by atoms with Crippen LogP contribution in [0.15, 0.2) is 42.7 Å². The molecular weight excluding hydrogens is 254 g/mol. The van der Waals surface area contributed by atoms with E-state index in [2.05, 4.69) is 25.8 Å². The van der Waals surface area contributed by atoms with E-state index in [1.165, 1.54) is 24.0 Å². The Bertz CT molecular complexity index is 612. The maximum atomic E-state index is 10.9. The van der Waals surface area contributed by atoms with E-state index in [0.29, 0.717) is 11.5 Å². The smallest absolute Gasteiger partial charge is 0.337 e. The number of aromatic nitrogens is 1. The molecule has 0 fully saturated rings. The number of carboxylic acid groups (broad SMARTS) is 1. The van der Waals surface area contributed by atoms with E-state index in [1.54, 1.807) is 0 Å². The molecule has 0 saturated heterocycles. The van der Waals surface area contributed by atoms with Crippen molar-refractivity contribution in [2.24, 2.45) is 0 Å². The van der Waals surface area contributed by atoms with Gasteiger partial charge in [0.25, 0.3) is 0 Å². The lowest BCUT2D eigenvalue weighted by atomic mass is 9.87. The topological polar surface area (TPSA) is 59.4 Å². The molecular formula is C16H17NO3. The van der Waals surface area contributed by atoms with E-state index < -0.39 is 5.97 Å². The van der Waals surface area contributed by atoms with Crippen LogP contribution in [0.25, 0.3) is 0 Å². The highest BCUT2D eigenvalue weighted by Crippen LogP contribution is 2.26. The van der Waals surface area contributed by atoms with Gasteiger partial charge in [-0.3, -0.25) is 4.98 Å². The molecule has 0 unspecified atom stereocenters. The second kappa shape index (κ2) is 5.33.